The molecule has 0 atom stereocenters. The first-order valence-corrected chi connectivity index (χ1v) is 8.42. The van der Waals surface area contributed by atoms with Crippen LogP contribution in [0.5, 0.6) is 0 Å². The highest BCUT2D eigenvalue weighted by molar-refractivity contribution is 5.40. The van der Waals surface area contributed by atoms with E-state index in [1.54, 1.807) is 0 Å². The Morgan fingerprint density at radius 3 is 2.70 bits per heavy atom. The van der Waals surface area contributed by atoms with Gasteiger partial charge in [0, 0.05) is 37.8 Å². The normalized spacial score (nSPS) is 21.0. The zero-order valence-electron chi connectivity index (χ0n) is 13.3. The van der Waals surface area contributed by atoms with Gasteiger partial charge in [-0.3, -0.25) is 0 Å². The molecule has 2 fully saturated rings. The fraction of sp³-hybridized carbons (Fsp3) is 0.500. The zero-order valence-corrected chi connectivity index (χ0v) is 13.3. The third-order valence-corrected chi connectivity index (χ3v) is 4.92. The molecular formula is C18H23N3O2. The molecule has 1 aliphatic heterocycles. The van der Waals surface area contributed by atoms with E-state index in [-0.39, 0.29) is 5.79 Å². The van der Waals surface area contributed by atoms with E-state index in [0.29, 0.717) is 6.04 Å². The topological polar surface area (TPSA) is 48.3 Å². The number of ether oxygens (including phenoxy) is 2. The molecule has 23 heavy (non-hydrogen) atoms. The Morgan fingerprint density at radius 1 is 1.17 bits per heavy atom. The molecule has 1 saturated carbocycles. The van der Waals surface area contributed by atoms with Crippen molar-refractivity contribution < 1.29 is 9.47 Å². The Kier molecular flexibility index (Phi) is 4.16. The van der Waals surface area contributed by atoms with Gasteiger partial charge in [-0.15, -0.1) is 0 Å². The van der Waals surface area contributed by atoms with Gasteiger partial charge in [-0.1, -0.05) is 18.2 Å². The summed E-state index contributed by atoms with van der Waals surface area (Å²) in [6.07, 6.45) is 9.84. The van der Waals surface area contributed by atoms with Gasteiger partial charge < -0.3 is 19.4 Å². The molecule has 1 aromatic heterocycles. The van der Waals surface area contributed by atoms with Gasteiger partial charge in [0.15, 0.2) is 5.79 Å². The van der Waals surface area contributed by atoms with Gasteiger partial charge >= 0.3 is 0 Å². The monoisotopic (exact) mass is 313 g/mol. The number of imidazole rings is 1. The summed E-state index contributed by atoms with van der Waals surface area (Å²) >= 11 is 0. The summed E-state index contributed by atoms with van der Waals surface area (Å²) in [4.78, 5) is 4.15. The van der Waals surface area contributed by atoms with Crippen molar-refractivity contribution in [3.63, 3.8) is 0 Å². The highest BCUT2D eigenvalue weighted by Gasteiger charge is 2.40. The molecule has 1 N–H and O–H groups in total. The van der Waals surface area contributed by atoms with Crippen molar-refractivity contribution in [3.05, 3.63) is 48.5 Å². The number of aromatic nitrogens is 2. The Balaban J connectivity index is 1.37. The van der Waals surface area contributed by atoms with E-state index in [9.17, 15) is 0 Å². The Bertz CT molecular complexity index is 625. The Labute approximate surface area is 136 Å². The summed E-state index contributed by atoms with van der Waals surface area (Å²) in [5.41, 5.74) is 2.48. The summed E-state index contributed by atoms with van der Waals surface area (Å²) in [6, 6.07) is 9.00. The van der Waals surface area contributed by atoms with Crippen LogP contribution in [0.4, 0.5) is 0 Å². The third-order valence-electron chi connectivity index (χ3n) is 4.92. The molecule has 1 saturated heterocycles. The van der Waals surface area contributed by atoms with Gasteiger partial charge in [0.05, 0.1) is 25.2 Å². The van der Waals surface area contributed by atoms with Crippen LogP contribution in [0.2, 0.25) is 0 Å². The van der Waals surface area contributed by atoms with E-state index in [0.717, 1.165) is 45.4 Å². The van der Waals surface area contributed by atoms with Crippen molar-refractivity contribution in [3.8, 4) is 5.69 Å². The SMILES string of the molecule is c1ccc(-n2ccnc2)c(CNC2CCC3(CC2)OCCO3)c1. The van der Waals surface area contributed by atoms with Crippen molar-refractivity contribution >= 4 is 0 Å². The molecule has 0 unspecified atom stereocenters. The molecule has 122 valence electrons. The van der Waals surface area contributed by atoms with E-state index >= 15 is 0 Å². The summed E-state index contributed by atoms with van der Waals surface area (Å²) in [5, 5.41) is 3.70. The minimum atomic E-state index is -0.271. The molecule has 5 heteroatoms. The number of benzene rings is 1. The number of rotatable bonds is 4. The molecule has 2 heterocycles. The van der Waals surface area contributed by atoms with Crippen LogP contribution in [0.15, 0.2) is 43.0 Å². The van der Waals surface area contributed by atoms with Gasteiger partial charge in [-0.25, -0.2) is 4.98 Å². The van der Waals surface area contributed by atoms with Gasteiger partial charge in [0.1, 0.15) is 0 Å². The smallest absolute Gasteiger partial charge is 0.168 e. The van der Waals surface area contributed by atoms with Crippen LogP contribution in [-0.4, -0.2) is 34.6 Å². The lowest BCUT2D eigenvalue weighted by molar-refractivity contribution is -0.179. The maximum Gasteiger partial charge on any atom is 0.168 e. The van der Waals surface area contributed by atoms with E-state index < -0.39 is 0 Å². The Hall–Kier alpha value is -1.69. The van der Waals surface area contributed by atoms with Crippen LogP contribution in [-0.2, 0) is 16.0 Å². The maximum atomic E-state index is 5.80. The fourth-order valence-corrected chi connectivity index (χ4v) is 3.62. The number of nitrogens with one attached hydrogen (secondary N) is 1. The van der Waals surface area contributed by atoms with E-state index in [1.165, 1.54) is 11.3 Å². The lowest BCUT2D eigenvalue weighted by Crippen LogP contribution is -2.41. The predicted octanol–water partition coefficient (Wildman–Crippen LogP) is 2.65. The molecule has 2 aliphatic rings. The van der Waals surface area contributed by atoms with E-state index in [1.807, 2.05) is 18.7 Å². The zero-order chi connectivity index (χ0) is 15.5. The molecule has 1 spiro atoms. The average Bonchev–Trinajstić information content (AvgIpc) is 3.27. The van der Waals surface area contributed by atoms with Crippen LogP contribution < -0.4 is 5.32 Å². The standard InChI is InChI=1S/C18H23N3O2/c1-2-4-17(21-10-9-19-14-21)15(3-1)13-20-16-5-7-18(8-6-16)22-11-12-23-18/h1-4,9-10,14,16,20H,5-8,11-13H2. The lowest BCUT2D eigenvalue weighted by atomic mass is 9.90. The number of para-hydroxylation sites is 1. The van der Waals surface area contributed by atoms with Crippen molar-refractivity contribution in [1.29, 1.82) is 0 Å². The van der Waals surface area contributed by atoms with Gasteiger partial charge in [-0.05, 0) is 24.5 Å². The van der Waals surface area contributed by atoms with E-state index in [2.05, 4.69) is 39.1 Å². The second-order valence-corrected chi connectivity index (χ2v) is 6.36. The molecule has 1 aromatic carbocycles. The average molecular weight is 313 g/mol. The predicted molar refractivity (Wildman–Crippen MR) is 87.3 cm³/mol. The quantitative estimate of drug-likeness (QED) is 0.943. The number of hydrogen-bond acceptors (Lipinski definition) is 4. The highest BCUT2D eigenvalue weighted by atomic mass is 16.7. The van der Waals surface area contributed by atoms with Crippen LogP contribution in [0.3, 0.4) is 0 Å². The second kappa shape index (κ2) is 6.43. The summed E-state index contributed by atoms with van der Waals surface area (Å²) in [6.45, 7) is 2.36. The maximum absolute atomic E-state index is 5.80. The fourth-order valence-electron chi connectivity index (χ4n) is 3.62. The largest absolute Gasteiger partial charge is 0.348 e. The van der Waals surface area contributed by atoms with Gasteiger partial charge in [0.25, 0.3) is 0 Å². The van der Waals surface area contributed by atoms with Gasteiger partial charge in [0.2, 0.25) is 0 Å². The van der Waals surface area contributed by atoms with Crippen LogP contribution in [0.1, 0.15) is 31.2 Å². The van der Waals surface area contributed by atoms with Gasteiger partial charge in [-0.2, -0.15) is 0 Å². The summed E-state index contributed by atoms with van der Waals surface area (Å²) in [5.74, 6) is -0.271. The van der Waals surface area contributed by atoms with Crippen molar-refractivity contribution in [2.45, 2.75) is 44.1 Å². The van der Waals surface area contributed by atoms with E-state index in [4.69, 9.17) is 9.47 Å². The van der Waals surface area contributed by atoms with Crippen LogP contribution in [0.25, 0.3) is 5.69 Å². The molecule has 0 radical (unpaired) electrons. The van der Waals surface area contributed by atoms with Crippen molar-refractivity contribution in [2.24, 2.45) is 0 Å². The lowest BCUT2D eigenvalue weighted by Gasteiger charge is -2.35. The minimum Gasteiger partial charge on any atom is -0.348 e. The summed E-state index contributed by atoms with van der Waals surface area (Å²) < 4.78 is 13.7. The first kappa shape index (κ1) is 14.9. The number of nitrogens with zero attached hydrogens (tertiary/aromatic N) is 2. The molecular weight excluding hydrogens is 290 g/mol. The number of hydrogen-bond donors (Lipinski definition) is 1. The third kappa shape index (κ3) is 3.17. The Morgan fingerprint density at radius 2 is 1.96 bits per heavy atom. The summed E-state index contributed by atoms with van der Waals surface area (Å²) in [7, 11) is 0. The molecule has 4 rings (SSSR count). The first-order chi connectivity index (χ1) is 11.3. The van der Waals surface area contributed by atoms with Crippen LogP contribution >= 0.6 is 0 Å². The van der Waals surface area contributed by atoms with Crippen molar-refractivity contribution in [1.82, 2.24) is 14.9 Å². The van der Waals surface area contributed by atoms with Crippen LogP contribution in [0, 0.1) is 0 Å². The molecule has 5 nitrogen and oxygen atoms in total. The molecule has 0 amide bonds. The minimum absolute atomic E-state index is 0.271. The highest BCUT2D eigenvalue weighted by Crippen LogP contribution is 2.35. The molecule has 2 aromatic rings. The molecule has 1 aliphatic carbocycles. The molecule has 0 bridgehead atoms. The van der Waals surface area contributed by atoms with Crippen molar-refractivity contribution in [2.75, 3.05) is 13.2 Å². The second-order valence-electron chi connectivity index (χ2n) is 6.36. The first-order valence-electron chi connectivity index (χ1n) is 8.42.